The normalized spacial score (nSPS) is 15.9. The van der Waals surface area contributed by atoms with Gasteiger partial charge < -0.3 is 5.11 Å². The highest BCUT2D eigenvalue weighted by Crippen LogP contribution is 2.33. The minimum Gasteiger partial charge on any atom is -0.478 e. The van der Waals surface area contributed by atoms with Crippen molar-refractivity contribution >= 4 is 28.5 Å². The molecular weight excluding hydrogens is 343 g/mol. The number of carboxylic acid groups (broad SMARTS) is 1. The van der Waals surface area contributed by atoms with Crippen LogP contribution in [-0.2, 0) is 6.54 Å². The van der Waals surface area contributed by atoms with Crippen molar-refractivity contribution in [2.45, 2.75) is 13.5 Å². The van der Waals surface area contributed by atoms with Crippen LogP contribution in [0.2, 0.25) is 0 Å². The van der Waals surface area contributed by atoms with Crippen LogP contribution in [0.4, 0.5) is 4.39 Å². The maximum atomic E-state index is 13.2. The molecule has 2 aromatic carbocycles. The lowest BCUT2D eigenvalue weighted by Gasteiger charge is -2.30. The Morgan fingerprint density at radius 2 is 1.93 bits per heavy atom. The molecule has 1 aliphatic heterocycles. The van der Waals surface area contributed by atoms with E-state index in [1.54, 1.807) is 18.2 Å². The first-order valence-electron chi connectivity index (χ1n) is 8.90. The molecule has 2 heterocycles. The second-order valence-electron chi connectivity index (χ2n) is 6.66. The predicted octanol–water partition coefficient (Wildman–Crippen LogP) is 4.45. The number of benzene rings is 2. The number of aromatic carboxylic acids is 1. The molecule has 0 radical (unpaired) electrons. The van der Waals surface area contributed by atoms with Crippen molar-refractivity contribution in [3.05, 3.63) is 76.7 Å². The maximum absolute atomic E-state index is 13.2. The van der Waals surface area contributed by atoms with E-state index in [0.717, 1.165) is 28.9 Å². The van der Waals surface area contributed by atoms with Crippen LogP contribution in [0.3, 0.4) is 0 Å². The highest BCUT2D eigenvalue weighted by atomic mass is 19.1. The van der Waals surface area contributed by atoms with E-state index in [2.05, 4.69) is 11.8 Å². The van der Waals surface area contributed by atoms with Gasteiger partial charge in [-0.15, -0.1) is 0 Å². The summed E-state index contributed by atoms with van der Waals surface area (Å²) < 4.78 is 13.2. The van der Waals surface area contributed by atoms with Crippen molar-refractivity contribution in [3.63, 3.8) is 0 Å². The second-order valence-corrected chi connectivity index (χ2v) is 6.66. The van der Waals surface area contributed by atoms with Crippen molar-refractivity contribution in [1.29, 1.82) is 0 Å². The molecule has 0 saturated carbocycles. The molecule has 136 valence electrons. The first-order chi connectivity index (χ1) is 13.1. The number of halogens is 1. The highest BCUT2D eigenvalue weighted by Gasteiger charge is 2.27. The van der Waals surface area contributed by atoms with E-state index >= 15 is 0 Å². The van der Waals surface area contributed by atoms with Gasteiger partial charge in [0.25, 0.3) is 0 Å². The van der Waals surface area contributed by atoms with Crippen LogP contribution in [0.25, 0.3) is 22.6 Å². The zero-order valence-electron chi connectivity index (χ0n) is 14.9. The third kappa shape index (κ3) is 3.22. The number of carboxylic acids is 1. The average molecular weight is 362 g/mol. The second kappa shape index (κ2) is 6.93. The van der Waals surface area contributed by atoms with E-state index in [1.807, 2.05) is 24.3 Å². The molecule has 0 fully saturated rings. The molecule has 0 unspecified atom stereocenters. The summed E-state index contributed by atoms with van der Waals surface area (Å²) in [5.74, 6) is -1.22. The third-order valence-electron chi connectivity index (χ3n) is 4.95. The smallest absolute Gasteiger partial charge is 0.336 e. The van der Waals surface area contributed by atoms with E-state index in [-0.39, 0.29) is 5.82 Å². The van der Waals surface area contributed by atoms with Gasteiger partial charge in [-0.3, -0.25) is 4.90 Å². The summed E-state index contributed by atoms with van der Waals surface area (Å²) in [6.45, 7) is 4.07. The summed E-state index contributed by atoms with van der Waals surface area (Å²) in [6.07, 6.45) is 1.97. The summed E-state index contributed by atoms with van der Waals surface area (Å²) in [5, 5.41) is 10.6. The van der Waals surface area contributed by atoms with E-state index < -0.39 is 5.97 Å². The Morgan fingerprint density at radius 3 is 2.63 bits per heavy atom. The van der Waals surface area contributed by atoms with Crippen LogP contribution in [0.15, 0.2) is 48.5 Å². The van der Waals surface area contributed by atoms with Crippen molar-refractivity contribution in [2.75, 3.05) is 13.1 Å². The Labute approximate surface area is 156 Å². The molecule has 5 heteroatoms. The number of carbonyl (C=O) groups is 1. The van der Waals surface area contributed by atoms with Crippen LogP contribution in [0.5, 0.6) is 0 Å². The van der Waals surface area contributed by atoms with Crippen LogP contribution >= 0.6 is 0 Å². The number of hydrogen-bond donors (Lipinski definition) is 1. The van der Waals surface area contributed by atoms with E-state index in [0.29, 0.717) is 29.6 Å². The van der Waals surface area contributed by atoms with Gasteiger partial charge in [0.2, 0.25) is 0 Å². The van der Waals surface area contributed by atoms with Crippen molar-refractivity contribution in [3.8, 4) is 0 Å². The summed E-state index contributed by atoms with van der Waals surface area (Å²) in [4.78, 5) is 19.0. The quantitative estimate of drug-likeness (QED) is 0.748. The summed E-state index contributed by atoms with van der Waals surface area (Å²) in [5.41, 5.74) is 4.25. The number of nitrogens with zero attached hydrogens (tertiary/aromatic N) is 2. The predicted molar refractivity (Wildman–Crippen MR) is 104 cm³/mol. The number of pyridine rings is 1. The molecule has 1 aromatic heterocycles. The lowest BCUT2D eigenvalue weighted by atomic mass is 9.92. The number of likely N-dealkylation sites (N-methyl/N-ethyl adjacent to an activating group) is 1. The van der Waals surface area contributed by atoms with Crippen molar-refractivity contribution in [2.24, 2.45) is 0 Å². The van der Waals surface area contributed by atoms with Gasteiger partial charge in [0, 0.05) is 24.0 Å². The first kappa shape index (κ1) is 17.4. The number of para-hydroxylation sites is 1. The molecule has 0 spiro atoms. The Kier molecular flexibility index (Phi) is 4.46. The van der Waals surface area contributed by atoms with Crippen LogP contribution in [0.1, 0.15) is 34.1 Å². The van der Waals surface area contributed by atoms with Crippen LogP contribution in [0, 0.1) is 5.82 Å². The van der Waals surface area contributed by atoms with E-state index in [4.69, 9.17) is 4.98 Å². The Bertz CT molecular complexity index is 1060. The molecular formula is C22H19FN2O2. The van der Waals surface area contributed by atoms with Crippen LogP contribution < -0.4 is 0 Å². The number of aromatic nitrogens is 1. The number of rotatable bonds is 3. The molecule has 3 aromatic rings. The fourth-order valence-corrected chi connectivity index (χ4v) is 3.61. The monoisotopic (exact) mass is 362 g/mol. The molecule has 27 heavy (non-hydrogen) atoms. The zero-order valence-corrected chi connectivity index (χ0v) is 14.9. The number of hydrogen-bond acceptors (Lipinski definition) is 3. The summed E-state index contributed by atoms with van der Waals surface area (Å²) in [6, 6.07) is 13.6. The van der Waals surface area contributed by atoms with Gasteiger partial charge in [0.05, 0.1) is 16.8 Å². The molecule has 1 aliphatic rings. The fourth-order valence-electron chi connectivity index (χ4n) is 3.61. The Balaban J connectivity index is 1.97. The van der Waals surface area contributed by atoms with Crippen LogP contribution in [-0.4, -0.2) is 34.0 Å². The lowest BCUT2D eigenvalue weighted by molar-refractivity contribution is 0.0696. The number of fused-ring (bicyclic) bond motifs is 2. The molecule has 4 nitrogen and oxygen atoms in total. The first-order valence-corrected chi connectivity index (χ1v) is 8.90. The molecule has 0 bridgehead atoms. The third-order valence-corrected chi connectivity index (χ3v) is 4.95. The van der Waals surface area contributed by atoms with E-state index in [1.165, 1.54) is 12.1 Å². The minimum atomic E-state index is -0.941. The van der Waals surface area contributed by atoms with Gasteiger partial charge in [-0.1, -0.05) is 37.3 Å². The largest absolute Gasteiger partial charge is 0.478 e. The standard InChI is InChI=1S/C22H19FN2O2/c1-2-25-12-15(11-14-7-9-16(23)10-8-14)21-18(13-25)20(22(26)27)17-5-3-4-6-19(17)24-21/h3-11H,2,12-13H2,1H3,(H,26,27)/b15-11-. The molecule has 4 rings (SSSR count). The van der Waals surface area contributed by atoms with Gasteiger partial charge in [-0.2, -0.15) is 0 Å². The molecule has 0 saturated heterocycles. The van der Waals surface area contributed by atoms with Crippen molar-refractivity contribution < 1.29 is 14.3 Å². The SMILES string of the molecule is CCN1C/C(=C/c2ccc(F)cc2)c2nc3ccccc3c(C(=O)O)c2C1. The topological polar surface area (TPSA) is 53.4 Å². The lowest BCUT2D eigenvalue weighted by Crippen LogP contribution is -2.31. The van der Waals surface area contributed by atoms with Crippen molar-refractivity contribution in [1.82, 2.24) is 9.88 Å². The molecule has 1 N–H and O–H groups in total. The molecule has 0 atom stereocenters. The Morgan fingerprint density at radius 1 is 1.19 bits per heavy atom. The Hall–Kier alpha value is -3.05. The van der Waals surface area contributed by atoms with Gasteiger partial charge in [0.1, 0.15) is 5.82 Å². The van der Waals surface area contributed by atoms with Gasteiger partial charge in [0.15, 0.2) is 0 Å². The van der Waals surface area contributed by atoms with Gasteiger partial charge in [-0.05, 0) is 42.0 Å². The summed E-state index contributed by atoms with van der Waals surface area (Å²) in [7, 11) is 0. The highest BCUT2D eigenvalue weighted by molar-refractivity contribution is 6.06. The summed E-state index contributed by atoms with van der Waals surface area (Å²) >= 11 is 0. The molecule has 0 amide bonds. The molecule has 0 aliphatic carbocycles. The average Bonchev–Trinajstić information content (AvgIpc) is 2.67. The van der Waals surface area contributed by atoms with Gasteiger partial charge in [-0.25, -0.2) is 14.2 Å². The van der Waals surface area contributed by atoms with Gasteiger partial charge >= 0.3 is 5.97 Å². The minimum absolute atomic E-state index is 0.284. The maximum Gasteiger partial charge on any atom is 0.336 e. The van der Waals surface area contributed by atoms with E-state index in [9.17, 15) is 14.3 Å². The zero-order chi connectivity index (χ0) is 19.0. The fraction of sp³-hybridized carbons (Fsp3) is 0.182.